The van der Waals surface area contributed by atoms with Crippen molar-refractivity contribution in [2.24, 2.45) is 11.7 Å². The number of unbranched alkanes of at least 4 members (excludes halogenated alkanes) is 25. The van der Waals surface area contributed by atoms with Gasteiger partial charge in [0.25, 0.3) is 11.7 Å². The highest BCUT2D eigenvalue weighted by Gasteiger charge is 2.57. The number of hydrogen-bond donors (Lipinski definition) is 15. The number of nitrogens with one attached hydrogen (secondary N) is 2. The van der Waals surface area contributed by atoms with Crippen molar-refractivity contribution in [2.75, 3.05) is 19.8 Å². The van der Waals surface area contributed by atoms with E-state index < -0.39 is 142 Å². The summed E-state index contributed by atoms with van der Waals surface area (Å²) in [6.45, 7) is 3.49. The molecule has 79 heavy (non-hydrogen) atoms. The Balaban J connectivity index is 2.09. The van der Waals surface area contributed by atoms with Gasteiger partial charge >= 0.3 is 5.97 Å². The molecule has 0 bridgehead atoms. The molecular formula is C57H109N3O19. The minimum Gasteiger partial charge on any atom is -0.477 e. The lowest BCUT2D eigenvalue weighted by Gasteiger charge is -2.47. The van der Waals surface area contributed by atoms with Crippen molar-refractivity contribution in [3.8, 4) is 0 Å². The number of aliphatic hydroxyl groups is 11. The lowest BCUT2D eigenvalue weighted by Crippen LogP contribution is -2.69. The highest BCUT2D eigenvalue weighted by Crippen LogP contribution is 2.35. The summed E-state index contributed by atoms with van der Waals surface area (Å²) in [5.41, 5.74) is 6.48. The van der Waals surface area contributed by atoms with Crippen molar-refractivity contribution >= 4 is 17.8 Å². The molecule has 0 radical (unpaired) electrons. The first-order chi connectivity index (χ1) is 37.7. The second kappa shape index (κ2) is 41.7. The molecule has 0 aliphatic carbocycles. The quantitative estimate of drug-likeness (QED) is 0.0307. The van der Waals surface area contributed by atoms with Crippen LogP contribution in [0.4, 0.5) is 0 Å². The highest BCUT2D eigenvalue weighted by molar-refractivity contribution is 5.80. The third-order valence-electron chi connectivity index (χ3n) is 15.6. The van der Waals surface area contributed by atoms with E-state index in [0.717, 1.165) is 64.2 Å². The number of ether oxygens (including phenoxy) is 4. The molecule has 16 N–H and O–H groups in total. The average molecular weight is 1140 g/mol. The number of amides is 2. The van der Waals surface area contributed by atoms with Crippen LogP contribution in [-0.4, -0.2) is 196 Å². The van der Waals surface area contributed by atoms with Crippen LogP contribution in [0.3, 0.4) is 0 Å². The largest absolute Gasteiger partial charge is 0.477 e. The zero-order valence-electron chi connectivity index (χ0n) is 48.1. The molecule has 2 saturated heterocycles. The number of carbonyl (C=O) groups is 3. The molecule has 2 heterocycles. The first kappa shape index (κ1) is 72.9. The molecule has 0 spiro atoms. The molecule has 2 aliphatic rings. The molecule has 22 heteroatoms. The van der Waals surface area contributed by atoms with Crippen LogP contribution in [0.5, 0.6) is 0 Å². The van der Waals surface area contributed by atoms with Crippen LogP contribution in [0.1, 0.15) is 220 Å². The van der Waals surface area contributed by atoms with Crippen LogP contribution in [-0.2, 0) is 33.3 Å². The summed E-state index contributed by atoms with van der Waals surface area (Å²) in [5, 5.41) is 133. The maximum absolute atomic E-state index is 13.6. The van der Waals surface area contributed by atoms with Crippen LogP contribution < -0.4 is 16.4 Å². The summed E-state index contributed by atoms with van der Waals surface area (Å²) >= 11 is 0. The molecular weight excluding hydrogens is 1030 g/mol. The Labute approximate surface area is 470 Å². The third-order valence-corrected chi connectivity index (χ3v) is 15.6. The Morgan fingerprint density at radius 1 is 0.646 bits per heavy atom. The molecule has 2 aliphatic heterocycles. The maximum Gasteiger partial charge on any atom is 0.364 e. The van der Waals surface area contributed by atoms with Gasteiger partial charge in [0.1, 0.15) is 55.4 Å². The molecule has 0 aromatic heterocycles. The normalized spacial score (nSPS) is 26.3. The van der Waals surface area contributed by atoms with E-state index in [1.807, 2.05) is 0 Å². The Bertz CT molecular complexity index is 1590. The fourth-order valence-electron chi connectivity index (χ4n) is 10.4. The number of aliphatic carboxylic acids is 1. The zero-order chi connectivity index (χ0) is 58.8. The Morgan fingerprint density at radius 2 is 1.11 bits per heavy atom. The van der Waals surface area contributed by atoms with E-state index >= 15 is 0 Å². The van der Waals surface area contributed by atoms with Crippen molar-refractivity contribution in [3.63, 3.8) is 0 Å². The van der Waals surface area contributed by atoms with Gasteiger partial charge in [0.2, 0.25) is 5.91 Å². The third kappa shape index (κ3) is 27.8. The van der Waals surface area contributed by atoms with E-state index in [4.69, 9.17) is 24.7 Å². The van der Waals surface area contributed by atoms with E-state index in [9.17, 15) is 75.7 Å². The van der Waals surface area contributed by atoms with Gasteiger partial charge in [0, 0.05) is 6.42 Å². The summed E-state index contributed by atoms with van der Waals surface area (Å²) in [6.07, 6.45) is 6.17. The first-order valence-electron chi connectivity index (χ1n) is 30.3. The van der Waals surface area contributed by atoms with E-state index in [1.165, 1.54) is 103 Å². The van der Waals surface area contributed by atoms with Crippen LogP contribution in [0.15, 0.2) is 0 Å². The van der Waals surface area contributed by atoms with Gasteiger partial charge in [-0.05, 0) is 18.8 Å². The summed E-state index contributed by atoms with van der Waals surface area (Å²) < 4.78 is 22.9. The molecule has 16 atom stereocenters. The molecule has 22 nitrogen and oxygen atoms in total. The van der Waals surface area contributed by atoms with Crippen molar-refractivity contribution in [3.05, 3.63) is 0 Å². The summed E-state index contributed by atoms with van der Waals surface area (Å²) in [4.78, 5) is 38.5. The van der Waals surface area contributed by atoms with Gasteiger partial charge in [-0.3, -0.25) is 9.59 Å². The van der Waals surface area contributed by atoms with E-state index in [-0.39, 0.29) is 12.8 Å². The monoisotopic (exact) mass is 1140 g/mol. The van der Waals surface area contributed by atoms with Gasteiger partial charge in [0.15, 0.2) is 12.5 Å². The van der Waals surface area contributed by atoms with Gasteiger partial charge in [0.05, 0.1) is 43.6 Å². The SMILES string of the molecule is CCCCCCCCCCCCCCCCCCCCC[C@@H](O)C(=O)NC(O[C@@H]1O[C@H](CO[C@]2(C(=O)O)C[C@H](O)[C@@H](NC(=O)CO)[C@H]([C@H](O)[C@H](O)CO)O2)[C@@H](O)[C@H](O)[C@H]1O)[C@@H](N)[C@H](O)[C@H](O)CCCCCCCCCCC(C)C. The van der Waals surface area contributed by atoms with E-state index in [1.54, 1.807) is 0 Å². The van der Waals surface area contributed by atoms with Crippen molar-refractivity contribution in [1.29, 1.82) is 0 Å². The lowest BCUT2D eigenvalue weighted by atomic mass is 9.88. The molecule has 2 fully saturated rings. The first-order valence-corrected chi connectivity index (χ1v) is 30.3. The smallest absolute Gasteiger partial charge is 0.364 e. The lowest BCUT2D eigenvalue weighted by molar-refractivity contribution is -0.344. The number of carbonyl (C=O) groups excluding carboxylic acids is 2. The minimum atomic E-state index is -2.94. The molecule has 2 amide bonds. The van der Waals surface area contributed by atoms with Crippen LogP contribution in [0, 0.1) is 5.92 Å². The Morgan fingerprint density at radius 3 is 1.57 bits per heavy atom. The standard InChI is InChI=1S/C57H109N3O19/c1-4-5-6-7-8-9-10-11-12-13-14-15-16-17-18-19-24-27-30-33-40(64)53(73)60-54(45(58)47(68)39(63)32-29-26-23-21-20-22-25-28-31-38(2)3)78-55-51(72)50(71)49(70)43(77-55)37-76-57(56(74)75)34-41(65)46(59-44(67)36-62)52(79-57)48(69)42(66)35-61/h38-43,45-52,54-55,61-66,68-72H,4-37,58H2,1-3H3,(H,59,67)(H,60,73)(H,74,75)/t39-,40-,41+,42-,43-,45+,46-,47-,48-,49-,50+,51-,52-,54?,55+,57-/m1/s1. The van der Waals surface area contributed by atoms with Crippen molar-refractivity contribution in [1.82, 2.24) is 10.6 Å². The number of carboxylic acids is 1. The molecule has 1 unspecified atom stereocenters. The number of carboxylic acid groups (broad SMARTS) is 1. The highest BCUT2D eigenvalue weighted by atomic mass is 16.7. The second-order valence-electron chi connectivity index (χ2n) is 22.9. The van der Waals surface area contributed by atoms with E-state index in [0.29, 0.717) is 18.8 Å². The minimum absolute atomic E-state index is 0.0656. The van der Waals surface area contributed by atoms with Crippen LogP contribution in [0.25, 0.3) is 0 Å². The average Bonchev–Trinajstić information content (AvgIpc) is 3.45. The Hall–Kier alpha value is -2.23. The summed E-state index contributed by atoms with van der Waals surface area (Å²) in [7, 11) is 0. The topological polar surface area (TPSA) is 381 Å². The second-order valence-corrected chi connectivity index (χ2v) is 22.9. The van der Waals surface area contributed by atoms with E-state index in [2.05, 4.69) is 31.4 Å². The predicted molar refractivity (Wildman–Crippen MR) is 295 cm³/mol. The van der Waals surface area contributed by atoms with Gasteiger partial charge < -0.3 is 96.6 Å². The van der Waals surface area contributed by atoms with Crippen molar-refractivity contribution < 1.29 is 94.6 Å². The molecule has 0 aromatic carbocycles. The van der Waals surface area contributed by atoms with Crippen LogP contribution >= 0.6 is 0 Å². The van der Waals surface area contributed by atoms with Gasteiger partial charge in [-0.15, -0.1) is 0 Å². The molecule has 2 rings (SSSR count). The van der Waals surface area contributed by atoms with Crippen LogP contribution in [0.2, 0.25) is 0 Å². The maximum atomic E-state index is 13.6. The van der Waals surface area contributed by atoms with Gasteiger partial charge in [-0.25, -0.2) is 4.79 Å². The van der Waals surface area contributed by atoms with Gasteiger partial charge in [-0.1, -0.05) is 201 Å². The number of aliphatic hydroxyl groups excluding tert-OH is 11. The predicted octanol–water partition coefficient (Wildman–Crippen LogP) is 3.18. The Kier molecular flexibility index (Phi) is 38.5. The molecule has 466 valence electrons. The number of nitrogens with two attached hydrogens (primary N) is 1. The summed E-state index contributed by atoms with van der Waals surface area (Å²) in [5.74, 6) is -6.21. The summed E-state index contributed by atoms with van der Waals surface area (Å²) in [6, 6.07) is -3.31. The fraction of sp³-hybridized carbons (Fsp3) is 0.947. The molecule has 0 saturated carbocycles. The zero-order valence-corrected chi connectivity index (χ0v) is 48.1. The van der Waals surface area contributed by atoms with Gasteiger partial charge in [-0.2, -0.15) is 0 Å². The fourth-order valence-corrected chi connectivity index (χ4v) is 10.4. The number of rotatable bonds is 47. The number of hydrogen-bond acceptors (Lipinski definition) is 19. The van der Waals surface area contributed by atoms with Crippen molar-refractivity contribution in [2.45, 2.75) is 317 Å². The molecule has 0 aromatic rings.